The van der Waals surface area contributed by atoms with Crippen molar-refractivity contribution in [1.82, 2.24) is 30.6 Å². The molecule has 3 amide bonds. The molecule has 0 saturated carbocycles. The van der Waals surface area contributed by atoms with Crippen LogP contribution in [0.3, 0.4) is 0 Å². The van der Waals surface area contributed by atoms with Crippen LogP contribution in [-0.2, 0) is 35.5 Å². The van der Waals surface area contributed by atoms with Gasteiger partial charge in [0.15, 0.2) is 0 Å². The number of carbonyl (C=O) groups is 3. The van der Waals surface area contributed by atoms with E-state index in [1.807, 2.05) is 30.3 Å². The molecule has 6 aromatic rings. The third-order valence-corrected chi connectivity index (χ3v) is 10.6. The average Bonchev–Trinajstić information content (AvgIpc) is 3.87. The van der Waals surface area contributed by atoms with Crippen molar-refractivity contribution >= 4 is 68.6 Å². The molecule has 2 aromatic carbocycles. The summed E-state index contributed by atoms with van der Waals surface area (Å²) in [5, 5.41) is 8.35. The summed E-state index contributed by atoms with van der Waals surface area (Å²) in [5.41, 5.74) is 11.4. The highest BCUT2D eigenvalue weighted by Gasteiger charge is 2.30. The number of aromatic nitrogens is 4. The Morgan fingerprint density at radius 3 is 1.77 bits per heavy atom. The van der Waals surface area contributed by atoms with E-state index in [1.165, 1.54) is 42.6 Å². The van der Waals surface area contributed by atoms with E-state index in [9.17, 15) is 23.2 Å². The summed E-state index contributed by atoms with van der Waals surface area (Å²) in [6.07, 6.45) is 8.42. The molecule has 4 aromatic heterocycles. The summed E-state index contributed by atoms with van der Waals surface area (Å²) in [6, 6.07) is 22.0. The minimum absolute atomic E-state index is 0.0579. The van der Waals surface area contributed by atoms with Gasteiger partial charge < -0.3 is 31.2 Å². The first-order chi connectivity index (χ1) is 29.4. The maximum absolute atomic E-state index is 13.3. The van der Waals surface area contributed by atoms with Crippen molar-refractivity contribution in [1.29, 1.82) is 0 Å². The van der Waals surface area contributed by atoms with Crippen LogP contribution in [0.15, 0.2) is 114 Å². The Morgan fingerprint density at radius 1 is 0.689 bits per heavy atom. The lowest BCUT2D eigenvalue weighted by Gasteiger charge is -2.14. The molecule has 0 fully saturated rings. The molecule has 0 spiro atoms. The molecule has 5 N–H and O–H groups in total. The number of nitrogens with two attached hydrogens (primary N) is 1. The summed E-state index contributed by atoms with van der Waals surface area (Å²) < 4.78 is 37.1. The number of fused-ring (bicyclic) bond motifs is 2. The van der Waals surface area contributed by atoms with Gasteiger partial charge >= 0.3 is 12.2 Å². The van der Waals surface area contributed by atoms with Crippen LogP contribution in [0.4, 0.5) is 29.7 Å². The number of halogens is 5. The minimum atomic E-state index is -0.582. The number of amides is 3. The molecule has 8 rings (SSSR count). The van der Waals surface area contributed by atoms with Crippen LogP contribution in [-0.4, -0.2) is 38.0 Å². The zero-order valence-electron chi connectivity index (χ0n) is 32.1. The standard InChI is InChI=1S/C22H18ClFN4O3.C15H14BrN3O2.C6H5ClFN/c23-17-11-13(4-6-18(17)24)27-21(29)16-8-10-26-20-15(16)5-7-19(20)28-22(30)31-12-14-3-1-2-9-25-14;16-12-6-8-18-14-11(12)4-5-13(14)19-15(20)21-9-10-3-1-2-7-17-10;7-5-3-4(9)1-2-6(5)8/h1-4,6,8-11,19H,5,7,12H2,(H,27,29)(H,28,30);1-3,6-8,13H,4-5,9H2,(H,19,20);1-3H,9H2. The van der Waals surface area contributed by atoms with Gasteiger partial charge in [-0.3, -0.25) is 24.7 Å². The molecule has 61 heavy (non-hydrogen) atoms. The summed E-state index contributed by atoms with van der Waals surface area (Å²) in [7, 11) is 0. The van der Waals surface area contributed by atoms with Gasteiger partial charge in [0.25, 0.3) is 5.91 Å². The van der Waals surface area contributed by atoms with Crippen LogP contribution in [0.5, 0.6) is 0 Å². The molecule has 2 unspecified atom stereocenters. The quantitative estimate of drug-likeness (QED) is 0.107. The number of hydrogen-bond donors (Lipinski definition) is 4. The number of alkyl carbamates (subject to hydrolysis) is 2. The fraction of sp³-hybridized carbons (Fsp3) is 0.186. The largest absolute Gasteiger partial charge is 0.443 e. The van der Waals surface area contributed by atoms with E-state index < -0.39 is 23.8 Å². The van der Waals surface area contributed by atoms with Gasteiger partial charge in [0.05, 0.1) is 44.9 Å². The summed E-state index contributed by atoms with van der Waals surface area (Å²) in [6.45, 7) is 0.223. The number of nitrogens with zero attached hydrogens (tertiary/aromatic N) is 4. The van der Waals surface area contributed by atoms with Crippen LogP contribution < -0.4 is 21.7 Å². The highest BCUT2D eigenvalue weighted by molar-refractivity contribution is 9.10. The average molecular weight is 935 g/mol. The second kappa shape index (κ2) is 21.3. The molecule has 0 bridgehead atoms. The van der Waals surface area contributed by atoms with Gasteiger partial charge in [-0.2, -0.15) is 0 Å². The van der Waals surface area contributed by atoms with Gasteiger partial charge in [0.1, 0.15) is 24.8 Å². The van der Waals surface area contributed by atoms with Gasteiger partial charge in [-0.1, -0.05) is 51.3 Å². The van der Waals surface area contributed by atoms with Crippen molar-refractivity contribution in [3.63, 3.8) is 0 Å². The Bertz CT molecular complexity index is 2490. The lowest BCUT2D eigenvalue weighted by molar-refractivity contribution is 0.102. The minimum Gasteiger partial charge on any atom is -0.443 e. The zero-order chi connectivity index (χ0) is 43.3. The van der Waals surface area contributed by atoms with Gasteiger partial charge in [0.2, 0.25) is 0 Å². The van der Waals surface area contributed by atoms with Gasteiger partial charge in [-0.25, -0.2) is 18.4 Å². The molecule has 0 aliphatic heterocycles. The second-order valence-corrected chi connectivity index (χ2v) is 15.1. The predicted octanol–water partition coefficient (Wildman–Crippen LogP) is 9.65. The van der Waals surface area contributed by atoms with Crippen LogP contribution in [0.2, 0.25) is 10.0 Å². The number of hydrogen-bond acceptors (Lipinski definition) is 10. The molecule has 314 valence electrons. The number of nitrogens with one attached hydrogen (secondary N) is 3. The highest BCUT2D eigenvalue weighted by atomic mass is 79.9. The maximum Gasteiger partial charge on any atom is 0.408 e. The molecule has 2 aliphatic rings. The van der Waals surface area contributed by atoms with Crippen LogP contribution in [0.25, 0.3) is 0 Å². The van der Waals surface area contributed by atoms with Crippen molar-refractivity contribution in [2.75, 3.05) is 11.1 Å². The summed E-state index contributed by atoms with van der Waals surface area (Å²) in [4.78, 5) is 53.7. The Morgan fingerprint density at radius 2 is 1.23 bits per heavy atom. The van der Waals surface area contributed by atoms with E-state index in [0.29, 0.717) is 41.2 Å². The number of benzene rings is 2. The number of ether oxygens (including phenoxy) is 2. The van der Waals surface area contributed by atoms with Crippen molar-refractivity contribution in [3.8, 4) is 0 Å². The van der Waals surface area contributed by atoms with E-state index in [-0.39, 0.29) is 41.2 Å². The monoisotopic (exact) mass is 932 g/mol. The topological polar surface area (TPSA) is 183 Å². The Balaban J connectivity index is 0.000000177. The molecule has 0 saturated heterocycles. The Hall–Kier alpha value is -6.23. The van der Waals surface area contributed by atoms with Crippen LogP contribution >= 0.6 is 39.1 Å². The van der Waals surface area contributed by atoms with Crippen molar-refractivity contribution in [3.05, 3.63) is 175 Å². The van der Waals surface area contributed by atoms with E-state index in [2.05, 4.69) is 51.8 Å². The molecule has 13 nitrogen and oxygen atoms in total. The number of anilines is 2. The Labute approximate surface area is 367 Å². The molecule has 4 heterocycles. The molecular formula is C43H37BrCl2F2N8O5. The van der Waals surface area contributed by atoms with Crippen LogP contribution in [0.1, 0.15) is 69.2 Å². The Kier molecular flexibility index (Phi) is 15.5. The number of rotatable bonds is 8. The summed E-state index contributed by atoms with van der Waals surface area (Å²) >= 11 is 14.6. The van der Waals surface area contributed by atoms with E-state index in [0.717, 1.165) is 39.8 Å². The third kappa shape index (κ3) is 12.4. The number of carbonyl (C=O) groups excluding carboxylic acids is 3. The summed E-state index contributed by atoms with van der Waals surface area (Å²) in [5.74, 6) is -1.36. The molecule has 2 aliphatic carbocycles. The molecule has 2 atom stereocenters. The van der Waals surface area contributed by atoms with Crippen molar-refractivity contribution in [2.24, 2.45) is 0 Å². The van der Waals surface area contributed by atoms with E-state index in [4.69, 9.17) is 38.4 Å². The smallest absolute Gasteiger partial charge is 0.408 e. The van der Waals surface area contributed by atoms with E-state index >= 15 is 0 Å². The third-order valence-electron chi connectivity index (χ3n) is 9.25. The van der Waals surface area contributed by atoms with Gasteiger partial charge in [-0.05, 0) is 110 Å². The maximum atomic E-state index is 13.3. The SMILES string of the molecule is Nc1ccc(F)c(Cl)c1.O=C(NC1CCc2c(Br)ccnc21)OCc1ccccn1.O=C(NC1CCc2c(C(=O)Nc3ccc(F)c(Cl)c3)ccnc21)OCc1ccccn1. The van der Waals surface area contributed by atoms with Gasteiger partial charge in [-0.15, -0.1) is 0 Å². The number of nitrogen functional groups attached to an aromatic ring is 1. The first kappa shape index (κ1) is 44.3. The van der Waals surface area contributed by atoms with E-state index in [1.54, 1.807) is 36.8 Å². The molecule has 18 heteroatoms. The highest BCUT2D eigenvalue weighted by Crippen LogP contribution is 2.34. The lowest BCUT2D eigenvalue weighted by Crippen LogP contribution is -2.28. The fourth-order valence-electron chi connectivity index (χ4n) is 6.35. The lowest BCUT2D eigenvalue weighted by atomic mass is 10.1. The first-order valence-corrected chi connectivity index (χ1v) is 20.2. The zero-order valence-corrected chi connectivity index (χ0v) is 35.2. The molecule has 0 radical (unpaired) electrons. The normalized spacial score (nSPS) is 14.4. The van der Waals surface area contributed by atoms with Crippen molar-refractivity contribution < 1.29 is 32.6 Å². The van der Waals surface area contributed by atoms with Crippen LogP contribution in [0, 0.1) is 11.6 Å². The first-order valence-electron chi connectivity index (χ1n) is 18.7. The van der Waals surface area contributed by atoms with Crippen molar-refractivity contribution in [2.45, 2.75) is 51.0 Å². The molecular weight excluding hydrogens is 897 g/mol. The second-order valence-electron chi connectivity index (χ2n) is 13.4. The van der Waals surface area contributed by atoms with Gasteiger partial charge in [0, 0.05) is 46.2 Å². The fourth-order valence-corrected chi connectivity index (χ4v) is 7.24. The predicted molar refractivity (Wildman–Crippen MR) is 229 cm³/mol. The number of pyridine rings is 4.